The van der Waals surface area contributed by atoms with E-state index in [1.807, 2.05) is 25.4 Å². The maximum atomic E-state index is 14.9. The molecule has 0 aliphatic rings. The summed E-state index contributed by atoms with van der Waals surface area (Å²) in [6.07, 6.45) is 6.67. The van der Waals surface area contributed by atoms with Crippen molar-refractivity contribution in [1.29, 1.82) is 0 Å². The molecule has 0 radical (unpaired) electrons. The molecule has 0 fully saturated rings. The number of fused-ring (bicyclic) bond motifs is 2. The normalized spacial score (nSPS) is 13.8. The summed E-state index contributed by atoms with van der Waals surface area (Å²) in [7, 11) is 1.83. The Balaban J connectivity index is 1.69. The number of aromatic nitrogens is 6. The van der Waals surface area contributed by atoms with E-state index >= 15 is 0 Å². The number of nitrogens with zero attached hydrogens (tertiary/aromatic N) is 6. The third-order valence-corrected chi connectivity index (χ3v) is 5.08. The van der Waals surface area contributed by atoms with E-state index in [0.29, 0.717) is 22.6 Å². The van der Waals surface area contributed by atoms with Crippen molar-refractivity contribution in [2.45, 2.75) is 12.5 Å². The number of pyridine rings is 1. The first-order valence-corrected chi connectivity index (χ1v) is 9.05. The van der Waals surface area contributed by atoms with Crippen LogP contribution in [0.1, 0.15) is 18.2 Å². The zero-order chi connectivity index (χ0) is 20.2. The molecule has 1 N–H and O–H groups in total. The van der Waals surface area contributed by atoms with Gasteiger partial charge in [0.15, 0.2) is 5.65 Å². The second-order valence-electron chi connectivity index (χ2n) is 7.14. The average molecular weight is 388 g/mol. The van der Waals surface area contributed by atoms with Crippen LogP contribution in [0.25, 0.3) is 27.8 Å². The first-order chi connectivity index (χ1) is 13.9. The van der Waals surface area contributed by atoms with Crippen molar-refractivity contribution in [3.05, 3.63) is 78.3 Å². The predicted molar refractivity (Wildman–Crippen MR) is 106 cm³/mol. The molecule has 4 heterocycles. The Hall–Kier alpha value is -3.65. The molecule has 0 aliphatic heterocycles. The van der Waals surface area contributed by atoms with E-state index < -0.39 is 11.4 Å². The maximum Gasteiger partial charge on any atom is 0.153 e. The standard InChI is InChI=1S/C21H17FN6O/c1-21(29,15-8-13-4-3-7-23-18(13)9-16(15)22)19-11-24-20-6-5-17(26-28(19)20)14-10-25-27(2)12-14/h3-12,29H,1-2H3/t21-/m1/s1. The van der Waals surface area contributed by atoms with E-state index in [1.54, 1.807) is 35.3 Å². The summed E-state index contributed by atoms with van der Waals surface area (Å²) in [6, 6.07) is 10.2. The minimum atomic E-state index is -1.66. The zero-order valence-corrected chi connectivity index (χ0v) is 15.8. The minimum Gasteiger partial charge on any atom is -0.379 e. The molecule has 0 saturated heterocycles. The molecule has 1 aromatic carbocycles. The Morgan fingerprint density at radius 3 is 2.76 bits per heavy atom. The number of hydrogen-bond donors (Lipinski definition) is 1. The molecule has 7 nitrogen and oxygen atoms in total. The lowest BCUT2D eigenvalue weighted by atomic mass is 9.91. The monoisotopic (exact) mass is 388 g/mol. The molecule has 0 saturated carbocycles. The lowest BCUT2D eigenvalue weighted by Crippen LogP contribution is -2.27. The highest BCUT2D eigenvalue weighted by Crippen LogP contribution is 2.33. The SMILES string of the molecule is Cn1cc(-c2ccc3ncc([C@](C)(O)c4cc5cccnc5cc4F)n3n2)cn1. The molecule has 0 bridgehead atoms. The van der Waals surface area contributed by atoms with Crippen LogP contribution in [0.15, 0.2) is 61.2 Å². The molecule has 29 heavy (non-hydrogen) atoms. The highest BCUT2D eigenvalue weighted by Gasteiger charge is 2.33. The molecule has 1 atom stereocenters. The first-order valence-electron chi connectivity index (χ1n) is 9.05. The van der Waals surface area contributed by atoms with Gasteiger partial charge in [0.25, 0.3) is 0 Å². The number of halogens is 1. The molecular weight excluding hydrogens is 371 g/mol. The molecule has 5 rings (SSSR count). The molecule has 0 amide bonds. The van der Waals surface area contributed by atoms with Gasteiger partial charge in [-0.15, -0.1) is 0 Å². The summed E-state index contributed by atoms with van der Waals surface area (Å²) in [5.74, 6) is -0.542. The van der Waals surface area contributed by atoms with Gasteiger partial charge in [-0.3, -0.25) is 9.67 Å². The van der Waals surface area contributed by atoms with Gasteiger partial charge in [-0.05, 0) is 31.2 Å². The van der Waals surface area contributed by atoms with Gasteiger partial charge in [0.2, 0.25) is 0 Å². The van der Waals surface area contributed by atoms with E-state index in [4.69, 9.17) is 0 Å². The molecule has 8 heteroatoms. The maximum absolute atomic E-state index is 14.9. The van der Waals surface area contributed by atoms with Crippen LogP contribution in [0, 0.1) is 5.82 Å². The van der Waals surface area contributed by atoms with Gasteiger partial charge in [-0.25, -0.2) is 13.9 Å². The zero-order valence-electron chi connectivity index (χ0n) is 15.8. The topological polar surface area (TPSA) is 81.1 Å². The number of aliphatic hydroxyl groups is 1. The van der Waals surface area contributed by atoms with Crippen LogP contribution in [-0.2, 0) is 12.6 Å². The molecule has 0 unspecified atom stereocenters. The van der Waals surface area contributed by atoms with Crippen LogP contribution < -0.4 is 0 Å². The Bertz CT molecular complexity index is 1370. The number of hydrogen-bond acceptors (Lipinski definition) is 5. The summed E-state index contributed by atoms with van der Waals surface area (Å²) in [4.78, 5) is 8.49. The fourth-order valence-corrected chi connectivity index (χ4v) is 3.52. The van der Waals surface area contributed by atoms with Gasteiger partial charge in [0, 0.05) is 42.0 Å². The second kappa shape index (κ2) is 6.18. The Morgan fingerprint density at radius 2 is 1.97 bits per heavy atom. The molecule has 144 valence electrons. The van der Waals surface area contributed by atoms with Crippen molar-refractivity contribution in [3.63, 3.8) is 0 Å². The number of aryl methyl sites for hydroxylation is 1. The van der Waals surface area contributed by atoms with E-state index in [1.165, 1.54) is 23.7 Å². The fraction of sp³-hybridized carbons (Fsp3) is 0.143. The average Bonchev–Trinajstić information content (AvgIpc) is 3.33. The van der Waals surface area contributed by atoms with Crippen molar-refractivity contribution in [1.82, 2.24) is 29.4 Å². The van der Waals surface area contributed by atoms with E-state index in [-0.39, 0.29) is 5.56 Å². The Labute approximate surface area is 165 Å². The van der Waals surface area contributed by atoms with Crippen LogP contribution in [0.4, 0.5) is 4.39 Å². The van der Waals surface area contributed by atoms with E-state index in [9.17, 15) is 9.50 Å². The van der Waals surface area contributed by atoms with Crippen LogP contribution in [0.2, 0.25) is 0 Å². The van der Waals surface area contributed by atoms with Crippen molar-refractivity contribution >= 4 is 16.6 Å². The number of benzene rings is 1. The summed E-state index contributed by atoms with van der Waals surface area (Å²) in [6.45, 7) is 1.54. The Morgan fingerprint density at radius 1 is 1.10 bits per heavy atom. The van der Waals surface area contributed by atoms with Crippen LogP contribution in [0.5, 0.6) is 0 Å². The summed E-state index contributed by atoms with van der Waals surface area (Å²) in [5.41, 5.74) is 1.42. The van der Waals surface area contributed by atoms with Crippen molar-refractivity contribution < 1.29 is 9.50 Å². The van der Waals surface area contributed by atoms with Gasteiger partial charge in [-0.1, -0.05) is 6.07 Å². The minimum absolute atomic E-state index is 0.133. The highest BCUT2D eigenvalue weighted by molar-refractivity contribution is 5.79. The van der Waals surface area contributed by atoms with Crippen molar-refractivity contribution in [2.75, 3.05) is 0 Å². The summed E-state index contributed by atoms with van der Waals surface area (Å²) in [5, 5.41) is 20.9. The number of imidazole rings is 1. The van der Waals surface area contributed by atoms with Gasteiger partial charge in [0.1, 0.15) is 11.4 Å². The lowest BCUT2D eigenvalue weighted by molar-refractivity contribution is 0.0913. The van der Waals surface area contributed by atoms with Crippen molar-refractivity contribution in [2.24, 2.45) is 7.05 Å². The molecule has 4 aromatic heterocycles. The largest absolute Gasteiger partial charge is 0.379 e. The third-order valence-electron chi connectivity index (χ3n) is 5.08. The van der Waals surface area contributed by atoms with Crippen LogP contribution in [0.3, 0.4) is 0 Å². The molecule has 0 spiro atoms. The van der Waals surface area contributed by atoms with E-state index in [0.717, 1.165) is 10.9 Å². The van der Waals surface area contributed by atoms with E-state index in [2.05, 4.69) is 20.2 Å². The van der Waals surface area contributed by atoms with Gasteiger partial charge in [-0.2, -0.15) is 10.2 Å². The fourth-order valence-electron chi connectivity index (χ4n) is 3.52. The van der Waals surface area contributed by atoms with Gasteiger partial charge >= 0.3 is 0 Å². The summed E-state index contributed by atoms with van der Waals surface area (Å²) < 4.78 is 18.1. The molecule has 5 aromatic rings. The number of rotatable bonds is 3. The third kappa shape index (κ3) is 2.76. The van der Waals surface area contributed by atoms with Crippen LogP contribution in [-0.4, -0.2) is 34.5 Å². The summed E-state index contributed by atoms with van der Waals surface area (Å²) >= 11 is 0. The second-order valence-corrected chi connectivity index (χ2v) is 7.14. The first kappa shape index (κ1) is 17.4. The van der Waals surface area contributed by atoms with Crippen molar-refractivity contribution in [3.8, 4) is 11.3 Å². The van der Waals surface area contributed by atoms with Crippen LogP contribution >= 0.6 is 0 Å². The smallest absolute Gasteiger partial charge is 0.153 e. The quantitative estimate of drug-likeness (QED) is 0.514. The Kier molecular flexibility index (Phi) is 3.72. The lowest BCUT2D eigenvalue weighted by Gasteiger charge is -2.24. The predicted octanol–water partition coefficient (Wildman–Crippen LogP) is 3.07. The highest BCUT2D eigenvalue weighted by atomic mass is 19.1. The molecular formula is C21H17FN6O. The molecule has 0 aliphatic carbocycles. The van der Waals surface area contributed by atoms with Gasteiger partial charge in [0.05, 0.1) is 29.3 Å². The van der Waals surface area contributed by atoms with Gasteiger partial charge < -0.3 is 5.11 Å².